The zero-order valence-corrected chi connectivity index (χ0v) is 19.5. The highest BCUT2D eigenvalue weighted by Gasteiger charge is 2.33. The van der Waals surface area contributed by atoms with Gasteiger partial charge in [-0.15, -0.1) is 0 Å². The van der Waals surface area contributed by atoms with E-state index in [4.69, 9.17) is 12.2 Å². The van der Waals surface area contributed by atoms with Crippen LogP contribution in [0.15, 0.2) is 34.1 Å². The number of carbonyl (C=O) groups excluding carboxylic acids is 1. The molecule has 2 aromatic heterocycles. The largest absolute Gasteiger partial charge is 0.395 e. The van der Waals surface area contributed by atoms with Gasteiger partial charge in [0.25, 0.3) is 11.5 Å². The van der Waals surface area contributed by atoms with Crippen LogP contribution in [-0.4, -0.2) is 49.3 Å². The molecule has 1 fully saturated rings. The molecule has 1 amide bonds. The average molecular weight is 461 g/mol. The monoisotopic (exact) mass is 460 g/mol. The molecule has 1 saturated heterocycles. The van der Waals surface area contributed by atoms with Gasteiger partial charge in [0, 0.05) is 19.3 Å². The van der Waals surface area contributed by atoms with Crippen LogP contribution in [0.1, 0.15) is 45.1 Å². The van der Waals surface area contributed by atoms with Crippen LogP contribution < -0.4 is 10.9 Å². The summed E-state index contributed by atoms with van der Waals surface area (Å²) in [6.45, 7) is 5.03. The van der Waals surface area contributed by atoms with Crippen LogP contribution in [0, 0.1) is 5.92 Å². The number of aromatic nitrogens is 2. The number of anilines is 1. The first-order valence-electron chi connectivity index (χ1n) is 10.6. The smallest absolute Gasteiger partial charge is 0.267 e. The van der Waals surface area contributed by atoms with Gasteiger partial charge in [-0.2, -0.15) is 0 Å². The molecule has 1 aliphatic heterocycles. The van der Waals surface area contributed by atoms with Gasteiger partial charge in [0.05, 0.1) is 17.1 Å². The van der Waals surface area contributed by atoms with E-state index in [9.17, 15) is 14.7 Å². The molecule has 0 aliphatic carbocycles. The zero-order valence-electron chi connectivity index (χ0n) is 17.8. The maximum absolute atomic E-state index is 13.1. The van der Waals surface area contributed by atoms with Crippen molar-refractivity contribution in [2.75, 3.05) is 25.0 Å². The summed E-state index contributed by atoms with van der Waals surface area (Å²) in [6, 6.07) is 5.28. The van der Waals surface area contributed by atoms with Crippen molar-refractivity contribution < 1.29 is 9.90 Å². The summed E-state index contributed by atoms with van der Waals surface area (Å²) in [5, 5.41) is 12.2. The third-order valence-corrected chi connectivity index (χ3v) is 6.68. The Morgan fingerprint density at radius 2 is 2.13 bits per heavy atom. The summed E-state index contributed by atoms with van der Waals surface area (Å²) in [5.41, 5.74) is 0.473. The number of unbranched alkanes of at least 4 members (excludes halogenated alkanes) is 1. The Balaban J connectivity index is 1.95. The molecule has 0 aromatic carbocycles. The lowest BCUT2D eigenvalue weighted by Crippen LogP contribution is -2.33. The molecule has 1 unspecified atom stereocenters. The van der Waals surface area contributed by atoms with Crippen LogP contribution in [0.5, 0.6) is 0 Å². The molecule has 3 rings (SSSR count). The number of thioether (sulfide) groups is 1. The number of hydrogen-bond donors (Lipinski definition) is 2. The van der Waals surface area contributed by atoms with Crippen LogP contribution in [0.25, 0.3) is 11.7 Å². The van der Waals surface area contributed by atoms with E-state index in [1.807, 2.05) is 0 Å². The van der Waals surface area contributed by atoms with Gasteiger partial charge in [-0.25, -0.2) is 4.98 Å². The third kappa shape index (κ3) is 5.34. The van der Waals surface area contributed by atoms with Crippen molar-refractivity contribution in [3.8, 4) is 0 Å². The molecular weight excluding hydrogens is 432 g/mol. The van der Waals surface area contributed by atoms with Crippen LogP contribution >= 0.6 is 24.0 Å². The Morgan fingerprint density at radius 3 is 2.84 bits per heavy atom. The standard InChI is InChI=1S/C22H28N4O3S2/c1-3-5-8-15(4-2)14-26-21(29)17(31-22(26)30)13-16-19(23-10-12-27)24-18-9-6-7-11-25(18)20(16)28/h6-7,9,11,13,15,23,27H,3-5,8,10,12,14H2,1-2H3/b17-13+. The maximum Gasteiger partial charge on any atom is 0.267 e. The minimum Gasteiger partial charge on any atom is -0.395 e. The van der Waals surface area contributed by atoms with Gasteiger partial charge < -0.3 is 10.4 Å². The number of aliphatic hydroxyl groups is 1. The van der Waals surface area contributed by atoms with Crippen LogP contribution in [-0.2, 0) is 4.79 Å². The number of pyridine rings is 1. The summed E-state index contributed by atoms with van der Waals surface area (Å²) in [6.07, 6.45) is 7.51. The normalized spacial score (nSPS) is 16.5. The second kappa shape index (κ2) is 10.9. The molecule has 3 heterocycles. The lowest BCUT2D eigenvalue weighted by Gasteiger charge is -2.21. The van der Waals surface area contributed by atoms with E-state index in [0.29, 0.717) is 33.2 Å². The molecule has 1 atom stereocenters. The summed E-state index contributed by atoms with van der Waals surface area (Å²) in [7, 11) is 0. The van der Waals surface area contributed by atoms with Gasteiger partial charge in [0.2, 0.25) is 0 Å². The highest BCUT2D eigenvalue weighted by molar-refractivity contribution is 8.26. The quantitative estimate of drug-likeness (QED) is 0.414. The molecule has 0 radical (unpaired) electrons. The Kier molecular flexibility index (Phi) is 8.22. The number of amides is 1. The van der Waals surface area contributed by atoms with Crippen molar-refractivity contribution in [1.82, 2.24) is 14.3 Å². The van der Waals surface area contributed by atoms with Crippen LogP contribution in [0.4, 0.5) is 5.82 Å². The fraction of sp³-hybridized carbons (Fsp3) is 0.455. The SMILES string of the molecule is CCCCC(CC)CN1C(=O)/C(=C\c2c(NCCO)nc3ccccn3c2=O)SC1=S. The Morgan fingerprint density at radius 1 is 1.32 bits per heavy atom. The molecule has 31 heavy (non-hydrogen) atoms. The molecule has 7 nitrogen and oxygen atoms in total. The Labute approximate surface area is 191 Å². The predicted molar refractivity (Wildman–Crippen MR) is 130 cm³/mol. The first-order chi connectivity index (χ1) is 15.0. The lowest BCUT2D eigenvalue weighted by molar-refractivity contribution is -0.122. The highest BCUT2D eigenvalue weighted by Crippen LogP contribution is 2.34. The Bertz CT molecular complexity index is 1050. The summed E-state index contributed by atoms with van der Waals surface area (Å²) < 4.78 is 1.96. The van der Waals surface area contributed by atoms with E-state index in [0.717, 1.165) is 25.7 Å². The van der Waals surface area contributed by atoms with E-state index in [1.54, 1.807) is 35.4 Å². The maximum atomic E-state index is 13.1. The molecule has 2 N–H and O–H groups in total. The number of thiocarbonyl (C=S) groups is 1. The topological polar surface area (TPSA) is 86.9 Å². The minimum atomic E-state index is -0.286. The Hall–Kier alpha value is -2.23. The van der Waals surface area contributed by atoms with E-state index in [-0.39, 0.29) is 30.2 Å². The number of nitrogens with zero attached hydrogens (tertiary/aromatic N) is 3. The van der Waals surface area contributed by atoms with Gasteiger partial charge in [0.1, 0.15) is 15.8 Å². The molecule has 0 spiro atoms. The molecule has 9 heteroatoms. The zero-order chi connectivity index (χ0) is 22.4. The molecular formula is C22H28N4O3S2. The number of rotatable bonds is 10. The average Bonchev–Trinajstić information content (AvgIpc) is 3.04. The van der Waals surface area contributed by atoms with Crippen LogP contribution in [0.2, 0.25) is 0 Å². The van der Waals surface area contributed by atoms with Gasteiger partial charge in [-0.1, -0.05) is 63.2 Å². The lowest BCUT2D eigenvalue weighted by atomic mass is 9.99. The molecule has 1 aliphatic rings. The molecule has 0 bridgehead atoms. The van der Waals surface area contributed by atoms with Gasteiger partial charge in [0.15, 0.2) is 0 Å². The van der Waals surface area contributed by atoms with Gasteiger partial charge >= 0.3 is 0 Å². The van der Waals surface area contributed by atoms with E-state index in [2.05, 4.69) is 24.1 Å². The van der Waals surface area contributed by atoms with Crippen molar-refractivity contribution in [3.05, 3.63) is 45.2 Å². The number of aliphatic hydroxyl groups excluding tert-OH is 1. The molecule has 166 valence electrons. The van der Waals surface area contributed by atoms with Crippen molar-refractivity contribution in [2.24, 2.45) is 5.92 Å². The second-order valence-corrected chi connectivity index (χ2v) is 9.14. The number of hydrogen-bond acceptors (Lipinski definition) is 7. The fourth-order valence-corrected chi connectivity index (χ4v) is 4.76. The van der Waals surface area contributed by atoms with Crippen molar-refractivity contribution in [2.45, 2.75) is 39.5 Å². The number of carbonyl (C=O) groups is 1. The number of nitrogens with one attached hydrogen (secondary N) is 1. The number of fused-ring (bicyclic) bond motifs is 1. The summed E-state index contributed by atoms with van der Waals surface area (Å²) in [4.78, 5) is 32.8. The minimum absolute atomic E-state index is 0.104. The van der Waals surface area contributed by atoms with E-state index >= 15 is 0 Å². The van der Waals surface area contributed by atoms with Gasteiger partial charge in [-0.05, 0) is 30.5 Å². The first kappa shape index (κ1) is 23.4. The second-order valence-electron chi connectivity index (χ2n) is 7.47. The third-order valence-electron chi connectivity index (χ3n) is 5.31. The molecule has 2 aromatic rings. The fourth-order valence-electron chi connectivity index (χ4n) is 3.51. The van der Waals surface area contributed by atoms with E-state index in [1.165, 1.54) is 16.2 Å². The van der Waals surface area contributed by atoms with Crippen LogP contribution in [0.3, 0.4) is 0 Å². The molecule has 0 saturated carbocycles. The van der Waals surface area contributed by atoms with Crippen molar-refractivity contribution >= 4 is 51.7 Å². The predicted octanol–water partition coefficient (Wildman–Crippen LogP) is 3.52. The summed E-state index contributed by atoms with van der Waals surface area (Å²) in [5.74, 6) is 0.567. The van der Waals surface area contributed by atoms with Crippen molar-refractivity contribution in [1.29, 1.82) is 0 Å². The summed E-state index contributed by atoms with van der Waals surface area (Å²) >= 11 is 6.70. The van der Waals surface area contributed by atoms with Gasteiger partial charge in [-0.3, -0.25) is 18.9 Å². The van der Waals surface area contributed by atoms with Crippen molar-refractivity contribution in [3.63, 3.8) is 0 Å². The highest BCUT2D eigenvalue weighted by atomic mass is 32.2. The first-order valence-corrected chi connectivity index (χ1v) is 11.8. The van der Waals surface area contributed by atoms with E-state index < -0.39 is 0 Å².